The first-order chi connectivity index (χ1) is 29.7. The first kappa shape index (κ1) is 40.3. The number of rotatable bonds is 9. The number of carbonyl (C=O) groups excluding carboxylic acids is 4. The zero-order chi connectivity index (χ0) is 42.5. The van der Waals surface area contributed by atoms with Crippen molar-refractivity contribution >= 4 is 35.0 Å². The first-order valence-corrected chi connectivity index (χ1v) is 20.0. The van der Waals surface area contributed by atoms with E-state index in [1.54, 1.807) is 64.5 Å². The van der Waals surface area contributed by atoms with Crippen molar-refractivity contribution in [3.05, 3.63) is 143 Å². The van der Waals surface area contributed by atoms with Crippen LogP contribution >= 0.6 is 0 Å². The van der Waals surface area contributed by atoms with E-state index in [9.17, 15) is 19.2 Å². The molecule has 2 aliphatic rings. The van der Waals surface area contributed by atoms with E-state index in [4.69, 9.17) is 14.5 Å². The minimum Gasteiger partial charge on any atom is -0.453 e. The van der Waals surface area contributed by atoms with Crippen LogP contribution in [0, 0.1) is 17.7 Å². The maximum atomic E-state index is 15.7. The first-order valence-electron chi connectivity index (χ1n) is 20.0. The topological polar surface area (TPSA) is 175 Å². The third-order valence-electron chi connectivity index (χ3n) is 11.1. The van der Waals surface area contributed by atoms with Crippen molar-refractivity contribution in [1.29, 1.82) is 0 Å². The summed E-state index contributed by atoms with van der Waals surface area (Å²) in [4.78, 5) is 71.6. The zero-order valence-electron chi connectivity index (χ0n) is 33.5. The summed E-state index contributed by atoms with van der Waals surface area (Å²) in [6, 6.07) is 25.7. The number of imidazole rings is 2. The Morgan fingerprint density at radius 3 is 1.82 bits per heavy atom. The lowest BCUT2D eigenvalue weighted by atomic mass is 10.1. The van der Waals surface area contributed by atoms with Gasteiger partial charge >= 0.3 is 12.2 Å². The minimum atomic E-state index is -0.952. The molecule has 6 aromatic rings. The van der Waals surface area contributed by atoms with Crippen LogP contribution < -0.4 is 10.6 Å². The number of hydrogen-bond acceptors (Lipinski definition) is 8. The van der Waals surface area contributed by atoms with Gasteiger partial charge in [0.1, 0.15) is 29.5 Å². The lowest BCUT2D eigenvalue weighted by Crippen LogP contribution is -2.42. The number of aromatic nitrogens is 4. The van der Waals surface area contributed by atoms with Crippen LogP contribution in [-0.4, -0.2) is 81.0 Å². The lowest BCUT2D eigenvalue weighted by Gasteiger charge is -2.28. The third kappa shape index (κ3) is 8.65. The van der Waals surface area contributed by atoms with E-state index >= 15 is 4.39 Å². The van der Waals surface area contributed by atoms with E-state index in [1.807, 2.05) is 42.5 Å². The van der Waals surface area contributed by atoms with Gasteiger partial charge in [0, 0.05) is 29.8 Å². The van der Waals surface area contributed by atoms with Gasteiger partial charge in [0.15, 0.2) is 0 Å². The van der Waals surface area contributed by atoms with Crippen LogP contribution in [0.1, 0.15) is 83.8 Å². The Kier molecular flexibility index (Phi) is 11.8. The van der Waals surface area contributed by atoms with Crippen LogP contribution in [0.25, 0.3) is 22.3 Å². The molecule has 2 aliphatic heterocycles. The SMILES string of the molecule is COC(=O)N[C@@H](C(=O)N1CCC[C@H]1c1ncc(-c2ccc(C#Cc3ccc4nc([C@@H]5CCCN5C(=O)[C@H](NC(=O)OC)c5ccccc5)[nH]c4c3)cc2F)[nH]1)c1ccccc1. The van der Waals surface area contributed by atoms with Crippen molar-refractivity contribution < 1.29 is 33.0 Å². The molecule has 0 unspecified atom stereocenters. The smallest absolute Gasteiger partial charge is 0.407 e. The van der Waals surface area contributed by atoms with Crippen molar-refractivity contribution in [3.63, 3.8) is 0 Å². The number of amides is 4. The maximum absolute atomic E-state index is 15.7. The number of likely N-dealkylation sites (tertiary alicyclic amines) is 2. The number of nitrogens with one attached hydrogen (secondary N) is 4. The van der Waals surface area contributed by atoms with Gasteiger partial charge in [0.2, 0.25) is 0 Å². The molecule has 0 bridgehead atoms. The highest BCUT2D eigenvalue weighted by atomic mass is 19.1. The predicted molar refractivity (Wildman–Crippen MR) is 223 cm³/mol. The van der Waals surface area contributed by atoms with Crippen LogP contribution in [-0.2, 0) is 19.1 Å². The zero-order valence-corrected chi connectivity index (χ0v) is 33.5. The van der Waals surface area contributed by atoms with Gasteiger partial charge in [-0.1, -0.05) is 72.5 Å². The van der Waals surface area contributed by atoms with Crippen LogP contribution in [0.2, 0.25) is 0 Å². The molecule has 0 spiro atoms. The van der Waals surface area contributed by atoms with Crippen molar-refractivity contribution in [2.24, 2.45) is 0 Å². The highest BCUT2D eigenvalue weighted by Crippen LogP contribution is 2.36. The second-order valence-electron chi connectivity index (χ2n) is 14.8. The van der Waals surface area contributed by atoms with E-state index < -0.39 is 36.1 Å². The van der Waals surface area contributed by atoms with Crippen LogP contribution in [0.4, 0.5) is 14.0 Å². The molecular formula is C46H43FN8O6. The highest BCUT2D eigenvalue weighted by Gasteiger charge is 2.38. The number of ether oxygens (including phenoxy) is 2. The Bertz CT molecular complexity index is 2640. The number of H-pyrrole nitrogens is 2. The van der Waals surface area contributed by atoms with E-state index in [2.05, 4.69) is 37.4 Å². The van der Waals surface area contributed by atoms with Crippen LogP contribution in [0.3, 0.4) is 0 Å². The number of carbonyl (C=O) groups is 4. The molecule has 8 rings (SSSR count). The molecule has 0 saturated carbocycles. The van der Waals surface area contributed by atoms with Gasteiger partial charge in [0.05, 0.1) is 49.2 Å². The molecule has 61 heavy (non-hydrogen) atoms. The number of halogens is 1. The summed E-state index contributed by atoms with van der Waals surface area (Å²) in [6.45, 7) is 0.975. The molecule has 4 heterocycles. The number of methoxy groups -OCH3 is 2. The fourth-order valence-corrected chi connectivity index (χ4v) is 8.04. The Labute approximate surface area is 350 Å². The predicted octanol–water partition coefficient (Wildman–Crippen LogP) is 7.01. The van der Waals surface area contributed by atoms with Crippen LogP contribution in [0.15, 0.2) is 103 Å². The van der Waals surface area contributed by atoms with Gasteiger partial charge in [-0.15, -0.1) is 0 Å². The lowest BCUT2D eigenvalue weighted by molar-refractivity contribution is -0.135. The van der Waals surface area contributed by atoms with E-state index in [1.165, 1.54) is 20.3 Å². The van der Waals surface area contributed by atoms with E-state index in [0.717, 1.165) is 18.4 Å². The van der Waals surface area contributed by atoms with E-state index in [0.29, 0.717) is 76.6 Å². The molecule has 2 aromatic heterocycles. The normalized spacial score (nSPS) is 17.0. The molecule has 4 amide bonds. The number of aromatic amines is 2. The Morgan fingerprint density at radius 2 is 1.26 bits per heavy atom. The van der Waals surface area contributed by atoms with Gasteiger partial charge in [-0.05, 0) is 73.2 Å². The summed E-state index contributed by atoms with van der Waals surface area (Å²) in [5, 5.41) is 5.35. The molecule has 2 fully saturated rings. The summed E-state index contributed by atoms with van der Waals surface area (Å²) in [5.41, 5.74) is 4.63. The molecule has 15 heteroatoms. The number of alkyl carbamates (subject to hydrolysis) is 2. The summed E-state index contributed by atoms with van der Waals surface area (Å²) < 4.78 is 25.3. The minimum absolute atomic E-state index is 0.256. The van der Waals surface area contributed by atoms with Crippen molar-refractivity contribution in [3.8, 4) is 23.1 Å². The second-order valence-corrected chi connectivity index (χ2v) is 14.8. The summed E-state index contributed by atoms with van der Waals surface area (Å²) in [5.74, 6) is 6.29. The number of fused-ring (bicyclic) bond motifs is 1. The average Bonchev–Trinajstić information content (AvgIpc) is 4.13. The molecule has 310 valence electrons. The standard InChI is InChI=1S/C46H43FN8O6/c1-60-45(58)52-39(30-11-5-3-6-12-30)43(56)54-23-9-15-37(54)41-48-27-36(51-41)32-21-19-28(25-33(32)47)17-18-29-20-22-34-35(26-29)50-42(49-34)38-16-10-24-55(38)44(57)40(53-46(59)61-2)31-13-7-4-8-14-31/h3-8,11-14,19-22,25-27,37-40H,9-10,15-16,23-24H2,1-2H3,(H,48,51)(H,49,50)(H,52,58)(H,53,59)/t37-,38-,39+,40+/m0/s1. The van der Waals surface area contributed by atoms with E-state index in [-0.39, 0.29) is 17.9 Å². The van der Waals surface area contributed by atoms with Gasteiger partial charge in [-0.3, -0.25) is 9.59 Å². The number of hydrogen-bond donors (Lipinski definition) is 4. The van der Waals surface area contributed by atoms with Gasteiger partial charge < -0.3 is 39.9 Å². The fourth-order valence-electron chi connectivity index (χ4n) is 8.04. The largest absolute Gasteiger partial charge is 0.453 e. The van der Waals surface area contributed by atoms with Crippen molar-refractivity contribution in [2.45, 2.75) is 49.9 Å². The highest BCUT2D eigenvalue weighted by molar-refractivity contribution is 5.88. The molecule has 14 nitrogen and oxygen atoms in total. The Balaban J connectivity index is 0.959. The average molecular weight is 823 g/mol. The maximum Gasteiger partial charge on any atom is 0.407 e. The fraction of sp³-hybridized carbons (Fsp3) is 0.261. The third-order valence-corrected chi connectivity index (χ3v) is 11.1. The van der Waals surface area contributed by atoms with Crippen LogP contribution in [0.5, 0.6) is 0 Å². The number of nitrogens with zero attached hydrogens (tertiary/aromatic N) is 4. The van der Waals surface area contributed by atoms with Gasteiger partial charge in [0.25, 0.3) is 11.8 Å². The molecule has 0 radical (unpaired) electrons. The molecule has 4 N–H and O–H groups in total. The number of benzene rings is 4. The Morgan fingerprint density at radius 1 is 0.721 bits per heavy atom. The van der Waals surface area contributed by atoms with Crippen molar-refractivity contribution in [1.82, 2.24) is 40.4 Å². The van der Waals surface area contributed by atoms with Crippen molar-refractivity contribution in [2.75, 3.05) is 27.3 Å². The molecule has 4 atom stereocenters. The monoisotopic (exact) mass is 822 g/mol. The molecule has 4 aromatic carbocycles. The molecular weight excluding hydrogens is 780 g/mol. The molecule has 2 saturated heterocycles. The summed E-state index contributed by atoms with van der Waals surface area (Å²) in [7, 11) is 2.50. The second kappa shape index (κ2) is 17.8. The quantitative estimate of drug-likeness (QED) is 0.113. The summed E-state index contributed by atoms with van der Waals surface area (Å²) in [6.07, 6.45) is 2.98. The molecule has 0 aliphatic carbocycles. The Hall–Kier alpha value is -7.47. The summed E-state index contributed by atoms with van der Waals surface area (Å²) >= 11 is 0. The van der Waals surface area contributed by atoms with Gasteiger partial charge in [-0.25, -0.2) is 23.9 Å². The van der Waals surface area contributed by atoms with Gasteiger partial charge in [-0.2, -0.15) is 0 Å².